The quantitative estimate of drug-likeness (QED) is 0.849. The molecule has 0 heterocycles. The Morgan fingerprint density at radius 1 is 1.43 bits per heavy atom. The van der Waals surface area contributed by atoms with Crippen molar-refractivity contribution in [3.63, 3.8) is 0 Å². The van der Waals surface area contributed by atoms with E-state index in [1.165, 1.54) is 6.42 Å². The van der Waals surface area contributed by atoms with Crippen molar-refractivity contribution in [2.75, 3.05) is 13.2 Å². The Kier molecular flexibility index (Phi) is 4.09. The molecule has 4 nitrogen and oxygen atoms in total. The summed E-state index contributed by atoms with van der Waals surface area (Å²) >= 11 is 6.18. The highest BCUT2D eigenvalue weighted by Gasteiger charge is 2.42. The molecule has 5 heteroatoms. The Labute approximate surface area is 129 Å². The molecular formula is C16H20ClNO3. The van der Waals surface area contributed by atoms with Gasteiger partial charge in [0.25, 0.3) is 5.91 Å². The number of nitrogens with one attached hydrogen (secondary N) is 1. The third-order valence-electron chi connectivity index (χ3n) is 4.46. The van der Waals surface area contributed by atoms with Gasteiger partial charge in [-0.05, 0) is 50.3 Å². The second kappa shape index (κ2) is 5.85. The largest absolute Gasteiger partial charge is 0.490 e. The number of hydrogen-bond donors (Lipinski definition) is 2. The zero-order valence-corrected chi connectivity index (χ0v) is 12.7. The molecule has 0 saturated heterocycles. The maximum atomic E-state index is 12.1. The molecule has 2 N–H and O–H groups in total. The van der Waals surface area contributed by atoms with Gasteiger partial charge in [0, 0.05) is 12.0 Å². The Morgan fingerprint density at radius 2 is 2.19 bits per heavy atom. The van der Waals surface area contributed by atoms with Crippen LogP contribution in [-0.4, -0.2) is 30.3 Å². The van der Waals surface area contributed by atoms with Crippen LogP contribution in [0.5, 0.6) is 5.75 Å². The Morgan fingerprint density at radius 3 is 2.71 bits per heavy atom. The molecule has 0 radical (unpaired) electrons. The SMILES string of the molecule is O=C(NCC1(CO)CC1)c1ccc(OC2CCC2)cc1Cl. The first-order valence-electron chi connectivity index (χ1n) is 7.47. The highest BCUT2D eigenvalue weighted by molar-refractivity contribution is 6.34. The lowest BCUT2D eigenvalue weighted by atomic mass is 9.96. The van der Waals surface area contributed by atoms with E-state index in [-0.39, 0.29) is 17.9 Å². The normalized spacial score (nSPS) is 19.7. The van der Waals surface area contributed by atoms with Gasteiger partial charge in [-0.1, -0.05) is 11.6 Å². The molecule has 0 aliphatic heterocycles. The summed E-state index contributed by atoms with van der Waals surface area (Å²) in [6.45, 7) is 0.619. The molecule has 21 heavy (non-hydrogen) atoms. The highest BCUT2D eigenvalue weighted by Crippen LogP contribution is 2.44. The summed E-state index contributed by atoms with van der Waals surface area (Å²) in [5.41, 5.74) is 0.349. The lowest BCUT2D eigenvalue weighted by Crippen LogP contribution is -2.32. The standard InChI is InChI=1S/C16H20ClNO3/c17-14-8-12(21-11-2-1-3-11)4-5-13(14)15(20)18-9-16(10-19)6-7-16/h4-5,8,11,19H,1-3,6-7,9-10H2,(H,18,20). The summed E-state index contributed by atoms with van der Waals surface area (Å²) < 4.78 is 5.76. The van der Waals surface area contributed by atoms with Gasteiger partial charge in [0.05, 0.1) is 23.3 Å². The van der Waals surface area contributed by atoms with Gasteiger partial charge in [-0.3, -0.25) is 4.79 Å². The molecular weight excluding hydrogens is 290 g/mol. The maximum absolute atomic E-state index is 12.1. The molecule has 2 fully saturated rings. The minimum absolute atomic E-state index is 0.102. The topological polar surface area (TPSA) is 58.6 Å². The third-order valence-corrected chi connectivity index (χ3v) is 4.77. The van der Waals surface area contributed by atoms with Crippen LogP contribution in [0.2, 0.25) is 5.02 Å². The molecule has 0 bridgehead atoms. The van der Waals surface area contributed by atoms with Gasteiger partial charge < -0.3 is 15.2 Å². The molecule has 0 spiro atoms. The number of amides is 1. The number of carbonyl (C=O) groups is 1. The minimum Gasteiger partial charge on any atom is -0.490 e. The fourth-order valence-electron chi connectivity index (χ4n) is 2.36. The summed E-state index contributed by atoms with van der Waals surface area (Å²) in [6, 6.07) is 5.19. The van der Waals surface area contributed by atoms with Crippen molar-refractivity contribution in [2.45, 2.75) is 38.2 Å². The number of benzene rings is 1. The van der Waals surface area contributed by atoms with E-state index in [1.54, 1.807) is 18.2 Å². The molecule has 1 amide bonds. The summed E-state index contributed by atoms with van der Waals surface area (Å²) in [5, 5.41) is 12.5. The molecule has 2 aliphatic rings. The second-order valence-electron chi connectivity index (χ2n) is 6.15. The van der Waals surface area contributed by atoms with E-state index in [0.717, 1.165) is 31.4 Å². The minimum atomic E-state index is -0.199. The van der Waals surface area contributed by atoms with Crippen LogP contribution in [0, 0.1) is 5.41 Å². The second-order valence-corrected chi connectivity index (χ2v) is 6.56. The predicted octanol–water partition coefficient (Wildman–Crippen LogP) is 2.77. The number of carbonyl (C=O) groups excluding carboxylic acids is 1. The van der Waals surface area contributed by atoms with Gasteiger partial charge >= 0.3 is 0 Å². The van der Waals surface area contributed by atoms with E-state index >= 15 is 0 Å². The summed E-state index contributed by atoms with van der Waals surface area (Å²) in [5.74, 6) is 0.519. The van der Waals surface area contributed by atoms with Crippen molar-refractivity contribution in [1.82, 2.24) is 5.32 Å². The zero-order valence-electron chi connectivity index (χ0n) is 11.9. The first-order valence-corrected chi connectivity index (χ1v) is 7.85. The van der Waals surface area contributed by atoms with Crippen LogP contribution in [0.4, 0.5) is 0 Å². The molecule has 114 valence electrons. The van der Waals surface area contributed by atoms with Crippen LogP contribution >= 0.6 is 11.6 Å². The predicted molar refractivity (Wildman–Crippen MR) is 80.8 cm³/mol. The van der Waals surface area contributed by atoms with Crippen molar-refractivity contribution in [3.8, 4) is 5.75 Å². The number of ether oxygens (including phenoxy) is 1. The van der Waals surface area contributed by atoms with Crippen LogP contribution in [0.1, 0.15) is 42.5 Å². The van der Waals surface area contributed by atoms with Gasteiger partial charge in [-0.25, -0.2) is 0 Å². The average Bonchev–Trinajstić information content (AvgIpc) is 3.21. The average molecular weight is 310 g/mol. The van der Waals surface area contributed by atoms with E-state index in [2.05, 4.69) is 5.32 Å². The van der Waals surface area contributed by atoms with Crippen molar-refractivity contribution in [3.05, 3.63) is 28.8 Å². The number of halogens is 1. The van der Waals surface area contributed by atoms with Gasteiger partial charge in [-0.15, -0.1) is 0 Å². The molecule has 0 atom stereocenters. The smallest absolute Gasteiger partial charge is 0.252 e. The summed E-state index contributed by atoms with van der Waals surface area (Å²) in [4.78, 5) is 12.1. The molecule has 0 unspecified atom stereocenters. The highest BCUT2D eigenvalue weighted by atomic mass is 35.5. The van der Waals surface area contributed by atoms with E-state index < -0.39 is 0 Å². The van der Waals surface area contributed by atoms with Crippen molar-refractivity contribution in [2.24, 2.45) is 5.41 Å². The lowest BCUT2D eigenvalue weighted by Gasteiger charge is -2.26. The monoisotopic (exact) mass is 309 g/mol. The molecule has 3 rings (SSSR count). The van der Waals surface area contributed by atoms with Gasteiger partial charge in [-0.2, -0.15) is 0 Å². The fourth-order valence-corrected chi connectivity index (χ4v) is 2.62. The summed E-state index contributed by atoms with van der Waals surface area (Å²) in [6.07, 6.45) is 5.61. The third kappa shape index (κ3) is 3.33. The van der Waals surface area contributed by atoms with Crippen LogP contribution in [0.3, 0.4) is 0 Å². The van der Waals surface area contributed by atoms with Crippen LogP contribution < -0.4 is 10.1 Å². The lowest BCUT2D eigenvalue weighted by molar-refractivity contribution is 0.0935. The van der Waals surface area contributed by atoms with E-state index in [9.17, 15) is 9.90 Å². The van der Waals surface area contributed by atoms with E-state index in [4.69, 9.17) is 16.3 Å². The molecule has 0 aromatic heterocycles. The maximum Gasteiger partial charge on any atom is 0.252 e. The number of hydrogen-bond acceptors (Lipinski definition) is 3. The first kappa shape index (κ1) is 14.7. The van der Waals surface area contributed by atoms with Gasteiger partial charge in [0.1, 0.15) is 5.75 Å². The van der Waals surface area contributed by atoms with E-state index in [1.807, 2.05) is 0 Å². The van der Waals surface area contributed by atoms with Crippen LogP contribution in [-0.2, 0) is 0 Å². The van der Waals surface area contributed by atoms with Crippen LogP contribution in [0.15, 0.2) is 18.2 Å². The Balaban J connectivity index is 1.60. The van der Waals surface area contributed by atoms with Crippen LogP contribution in [0.25, 0.3) is 0 Å². The fraction of sp³-hybridized carbons (Fsp3) is 0.562. The van der Waals surface area contributed by atoms with Crippen molar-refractivity contribution >= 4 is 17.5 Å². The molecule has 1 aromatic carbocycles. The number of aliphatic hydroxyl groups excluding tert-OH is 1. The van der Waals surface area contributed by atoms with E-state index in [0.29, 0.717) is 23.2 Å². The first-order chi connectivity index (χ1) is 10.1. The Bertz CT molecular complexity index is 538. The zero-order chi connectivity index (χ0) is 14.9. The van der Waals surface area contributed by atoms with Crippen molar-refractivity contribution < 1.29 is 14.6 Å². The molecule has 1 aromatic rings. The Hall–Kier alpha value is -1.26. The number of aliphatic hydroxyl groups is 1. The molecule has 2 saturated carbocycles. The number of rotatable bonds is 6. The molecule has 2 aliphatic carbocycles. The van der Waals surface area contributed by atoms with Gasteiger partial charge in [0.15, 0.2) is 0 Å². The summed E-state index contributed by atoms with van der Waals surface area (Å²) in [7, 11) is 0. The van der Waals surface area contributed by atoms with Gasteiger partial charge in [0.2, 0.25) is 0 Å². The van der Waals surface area contributed by atoms with Crippen molar-refractivity contribution in [1.29, 1.82) is 0 Å².